The highest BCUT2D eigenvalue weighted by molar-refractivity contribution is 6.30. The van der Waals surface area contributed by atoms with E-state index in [4.69, 9.17) is 17.3 Å². The van der Waals surface area contributed by atoms with Gasteiger partial charge in [-0.3, -0.25) is 0 Å². The summed E-state index contributed by atoms with van der Waals surface area (Å²) < 4.78 is 0. The zero-order valence-electron chi connectivity index (χ0n) is 10.5. The number of nitrogen functional groups attached to an aromatic ring is 1. The van der Waals surface area contributed by atoms with Crippen LogP contribution in [-0.4, -0.2) is 5.11 Å². The van der Waals surface area contributed by atoms with Gasteiger partial charge in [-0.2, -0.15) is 0 Å². The Labute approximate surface area is 117 Å². The fourth-order valence-electron chi connectivity index (χ4n) is 1.73. The molecule has 2 aromatic rings. The Balaban J connectivity index is 2.38. The van der Waals surface area contributed by atoms with E-state index in [1.165, 1.54) is 0 Å². The van der Waals surface area contributed by atoms with E-state index in [0.717, 1.165) is 5.56 Å². The Bertz CT molecular complexity index is 639. The van der Waals surface area contributed by atoms with E-state index < -0.39 is 5.60 Å². The Hall–Kier alpha value is -1.95. The van der Waals surface area contributed by atoms with Gasteiger partial charge in [0, 0.05) is 21.8 Å². The summed E-state index contributed by atoms with van der Waals surface area (Å²) in [4.78, 5) is 0. The summed E-state index contributed by atoms with van der Waals surface area (Å²) in [6, 6.07) is 14.4. The first-order valence-corrected chi connectivity index (χ1v) is 6.23. The molecule has 0 saturated carbocycles. The van der Waals surface area contributed by atoms with Crippen molar-refractivity contribution in [3.63, 3.8) is 0 Å². The molecule has 1 unspecified atom stereocenters. The molecule has 19 heavy (non-hydrogen) atoms. The predicted octanol–water partition coefficient (Wildman–Crippen LogP) is 3.18. The molecular weight excluding hydrogens is 258 g/mol. The summed E-state index contributed by atoms with van der Waals surface area (Å²) in [5, 5.41) is 11.0. The van der Waals surface area contributed by atoms with E-state index in [1.807, 2.05) is 30.3 Å². The Morgan fingerprint density at radius 1 is 1.16 bits per heavy atom. The highest BCUT2D eigenvalue weighted by atomic mass is 35.5. The summed E-state index contributed by atoms with van der Waals surface area (Å²) in [7, 11) is 0. The van der Waals surface area contributed by atoms with Gasteiger partial charge in [-0.1, -0.05) is 41.6 Å². The Morgan fingerprint density at radius 2 is 1.84 bits per heavy atom. The van der Waals surface area contributed by atoms with Gasteiger partial charge >= 0.3 is 0 Å². The van der Waals surface area contributed by atoms with Gasteiger partial charge in [0.15, 0.2) is 5.60 Å². The summed E-state index contributed by atoms with van der Waals surface area (Å²) in [6.45, 7) is 1.60. The third-order valence-electron chi connectivity index (χ3n) is 2.76. The maximum atomic E-state index is 10.4. The quantitative estimate of drug-likeness (QED) is 0.618. The minimum Gasteiger partial charge on any atom is -0.398 e. The lowest BCUT2D eigenvalue weighted by molar-refractivity contribution is 0.123. The molecule has 0 heterocycles. The van der Waals surface area contributed by atoms with Crippen LogP contribution in [0.3, 0.4) is 0 Å². The average Bonchev–Trinajstić information content (AvgIpc) is 2.40. The van der Waals surface area contributed by atoms with Crippen LogP contribution in [0.4, 0.5) is 5.69 Å². The van der Waals surface area contributed by atoms with E-state index in [1.54, 1.807) is 25.1 Å². The van der Waals surface area contributed by atoms with Crippen LogP contribution in [0.1, 0.15) is 18.1 Å². The topological polar surface area (TPSA) is 46.2 Å². The number of nitrogens with two attached hydrogens (primary N) is 1. The first kappa shape index (κ1) is 13.5. The highest BCUT2D eigenvalue weighted by Crippen LogP contribution is 2.28. The SMILES string of the molecule is CC(O)(C#Cc1ccccc1)c1cc(Cl)ccc1N. The molecule has 0 radical (unpaired) electrons. The normalized spacial score (nSPS) is 13.2. The molecule has 0 aliphatic carbocycles. The van der Waals surface area contributed by atoms with Crippen molar-refractivity contribution in [3.8, 4) is 11.8 Å². The minimum absolute atomic E-state index is 0.469. The lowest BCUT2D eigenvalue weighted by Gasteiger charge is -2.19. The highest BCUT2D eigenvalue weighted by Gasteiger charge is 2.23. The van der Waals surface area contributed by atoms with Gasteiger partial charge in [0.1, 0.15) is 0 Å². The number of benzene rings is 2. The molecule has 2 nitrogen and oxygen atoms in total. The molecule has 2 rings (SSSR count). The average molecular weight is 272 g/mol. The summed E-state index contributed by atoms with van der Waals surface area (Å²) in [5.74, 6) is 5.76. The van der Waals surface area contributed by atoms with Crippen molar-refractivity contribution in [2.75, 3.05) is 5.73 Å². The molecule has 0 saturated heterocycles. The molecule has 0 fully saturated rings. The van der Waals surface area contributed by atoms with Crippen LogP contribution < -0.4 is 5.73 Å². The Kier molecular flexibility index (Phi) is 3.80. The molecule has 0 amide bonds. The first-order valence-electron chi connectivity index (χ1n) is 5.85. The van der Waals surface area contributed by atoms with Crippen LogP contribution in [0.15, 0.2) is 48.5 Å². The van der Waals surface area contributed by atoms with Crippen molar-refractivity contribution < 1.29 is 5.11 Å². The van der Waals surface area contributed by atoms with Crippen LogP contribution in [0.2, 0.25) is 5.02 Å². The third kappa shape index (κ3) is 3.29. The second-order valence-electron chi connectivity index (χ2n) is 4.42. The fourth-order valence-corrected chi connectivity index (χ4v) is 1.90. The van der Waals surface area contributed by atoms with E-state index in [0.29, 0.717) is 16.3 Å². The Morgan fingerprint density at radius 3 is 2.53 bits per heavy atom. The van der Waals surface area contributed by atoms with Gasteiger partial charge in [0.05, 0.1) is 0 Å². The molecule has 3 N–H and O–H groups in total. The molecule has 0 aromatic heterocycles. The van der Waals surface area contributed by atoms with Crippen LogP contribution >= 0.6 is 11.6 Å². The third-order valence-corrected chi connectivity index (χ3v) is 3.00. The molecule has 0 aliphatic rings. The smallest absolute Gasteiger partial charge is 0.150 e. The van der Waals surface area contributed by atoms with Crippen molar-refractivity contribution >= 4 is 17.3 Å². The second kappa shape index (κ2) is 5.36. The number of anilines is 1. The second-order valence-corrected chi connectivity index (χ2v) is 4.86. The standard InChI is InChI=1S/C16H14ClNO/c1-16(19,10-9-12-5-3-2-4-6-12)14-11-13(17)7-8-15(14)18/h2-8,11,19H,18H2,1H3. The largest absolute Gasteiger partial charge is 0.398 e. The van der Waals surface area contributed by atoms with Gasteiger partial charge < -0.3 is 10.8 Å². The van der Waals surface area contributed by atoms with Gasteiger partial charge in [0.2, 0.25) is 0 Å². The number of halogens is 1. The van der Waals surface area contributed by atoms with E-state index in [9.17, 15) is 5.11 Å². The number of hydrogen-bond donors (Lipinski definition) is 2. The lowest BCUT2D eigenvalue weighted by Crippen LogP contribution is -2.20. The molecule has 0 aliphatic heterocycles. The summed E-state index contributed by atoms with van der Waals surface area (Å²) in [5.41, 5.74) is 6.34. The minimum atomic E-state index is -1.34. The van der Waals surface area contributed by atoms with Crippen molar-refractivity contribution in [1.82, 2.24) is 0 Å². The van der Waals surface area contributed by atoms with E-state index in [2.05, 4.69) is 11.8 Å². The van der Waals surface area contributed by atoms with Crippen LogP contribution in [0.25, 0.3) is 0 Å². The molecular formula is C16H14ClNO. The maximum Gasteiger partial charge on any atom is 0.150 e. The number of hydrogen-bond acceptors (Lipinski definition) is 2. The van der Waals surface area contributed by atoms with Gasteiger partial charge in [0.25, 0.3) is 0 Å². The van der Waals surface area contributed by atoms with Crippen LogP contribution in [0, 0.1) is 11.8 Å². The van der Waals surface area contributed by atoms with E-state index in [-0.39, 0.29) is 0 Å². The molecule has 2 aromatic carbocycles. The molecule has 0 bridgehead atoms. The predicted molar refractivity (Wildman–Crippen MR) is 78.8 cm³/mol. The van der Waals surface area contributed by atoms with Crippen LogP contribution in [-0.2, 0) is 5.60 Å². The summed E-state index contributed by atoms with van der Waals surface area (Å²) in [6.07, 6.45) is 0. The first-order chi connectivity index (χ1) is 8.99. The van der Waals surface area contributed by atoms with Gasteiger partial charge in [-0.05, 0) is 37.3 Å². The van der Waals surface area contributed by atoms with Crippen molar-refractivity contribution in [2.24, 2.45) is 0 Å². The van der Waals surface area contributed by atoms with Crippen molar-refractivity contribution in [3.05, 3.63) is 64.7 Å². The number of aliphatic hydroxyl groups is 1. The van der Waals surface area contributed by atoms with Crippen LogP contribution in [0.5, 0.6) is 0 Å². The zero-order valence-corrected chi connectivity index (χ0v) is 11.3. The van der Waals surface area contributed by atoms with Crippen molar-refractivity contribution in [1.29, 1.82) is 0 Å². The zero-order chi connectivity index (χ0) is 13.9. The molecule has 1 atom stereocenters. The monoisotopic (exact) mass is 271 g/mol. The fraction of sp³-hybridized carbons (Fsp3) is 0.125. The molecule has 96 valence electrons. The van der Waals surface area contributed by atoms with Gasteiger partial charge in [-0.25, -0.2) is 0 Å². The van der Waals surface area contributed by atoms with Gasteiger partial charge in [-0.15, -0.1) is 0 Å². The molecule has 3 heteroatoms. The van der Waals surface area contributed by atoms with Crippen molar-refractivity contribution in [2.45, 2.75) is 12.5 Å². The number of rotatable bonds is 1. The lowest BCUT2D eigenvalue weighted by atomic mass is 9.94. The summed E-state index contributed by atoms with van der Waals surface area (Å²) >= 11 is 5.93. The maximum absolute atomic E-state index is 10.4. The van der Waals surface area contributed by atoms with E-state index >= 15 is 0 Å². The molecule has 0 spiro atoms.